The van der Waals surface area contributed by atoms with Crippen molar-refractivity contribution in [1.82, 2.24) is 24.7 Å². The average molecular weight is 433 g/mol. The Morgan fingerprint density at radius 3 is 2.47 bits per heavy atom. The summed E-state index contributed by atoms with van der Waals surface area (Å²) in [7, 11) is -3.61. The molecule has 2 aromatic heterocycles. The zero-order chi connectivity index (χ0) is 21.5. The van der Waals surface area contributed by atoms with Crippen molar-refractivity contribution < 1.29 is 8.42 Å². The van der Waals surface area contributed by atoms with E-state index in [-0.39, 0.29) is 12.1 Å². The van der Waals surface area contributed by atoms with Crippen molar-refractivity contribution in [1.29, 1.82) is 0 Å². The van der Waals surface area contributed by atoms with Crippen molar-refractivity contribution in [2.24, 2.45) is 0 Å². The summed E-state index contributed by atoms with van der Waals surface area (Å²) >= 11 is 0. The molecule has 0 saturated carbocycles. The van der Waals surface area contributed by atoms with Gasteiger partial charge in [-0.15, -0.1) is 5.10 Å². The molecular formula is C21H32N6O2S. The molecule has 1 aliphatic heterocycles. The van der Waals surface area contributed by atoms with Crippen LogP contribution in [0.4, 0.5) is 5.82 Å². The van der Waals surface area contributed by atoms with Gasteiger partial charge < -0.3 is 4.90 Å². The van der Waals surface area contributed by atoms with E-state index < -0.39 is 10.0 Å². The first kappa shape index (κ1) is 21.2. The molecule has 1 aliphatic carbocycles. The van der Waals surface area contributed by atoms with Gasteiger partial charge in [0.1, 0.15) is 4.90 Å². The van der Waals surface area contributed by atoms with Gasteiger partial charge in [-0.1, -0.05) is 0 Å². The van der Waals surface area contributed by atoms with Crippen molar-refractivity contribution in [2.45, 2.75) is 83.2 Å². The van der Waals surface area contributed by atoms with E-state index in [1.54, 1.807) is 11.6 Å². The van der Waals surface area contributed by atoms with Crippen LogP contribution in [0.5, 0.6) is 0 Å². The van der Waals surface area contributed by atoms with Crippen molar-refractivity contribution in [2.75, 3.05) is 18.0 Å². The molecule has 30 heavy (non-hydrogen) atoms. The average Bonchev–Trinajstić information content (AvgIpc) is 3.03. The van der Waals surface area contributed by atoms with Crippen LogP contribution in [0.25, 0.3) is 0 Å². The minimum absolute atomic E-state index is 0.0852. The molecule has 0 radical (unpaired) electrons. The lowest BCUT2D eigenvalue weighted by molar-refractivity contribution is 0.456. The summed E-state index contributed by atoms with van der Waals surface area (Å²) in [6.45, 7) is 9.13. The van der Waals surface area contributed by atoms with Crippen LogP contribution in [-0.4, -0.2) is 47.5 Å². The van der Waals surface area contributed by atoms with Gasteiger partial charge in [0.05, 0.1) is 17.1 Å². The van der Waals surface area contributed by atoms with Crippen LogP contribution in [0.2, 0.25) is 0 Å². The van der Waals surface area contributed by atoms with E-state index >= 15 is 0 Å². The number of aryl methyl sites for hydroxylation is 3. The molecule has 0 aromatic carbocycles. The molecule has 8 nitrogen and oxygen atoms in total. The van der Waals surface area contributed by atoms with Gasteiger partial charge in [0, 0.05) is 25.2 Å². The number of hydrogen-bond donors (Lipinski definition) is 1. The highest BCUT2D eigenvalue weighted by Gasteiger charge is 2.30. The van der Waals surface area contributed by atoms with Crippen molar-refractivity contribution in [3.63, 3.8) is 0 Å². The van der Waals surface area contributed by atoms with Crippen molar-refractivity contribution in [3.05, 3.63) is 28.7 Å². The summed E-state index contributed by atoms with van der Waals surface area (Å²) in [5, 5.41) is 13.3. The van der Waals surface area contributed by atoms with Crippen LogP contribution >= 0.6 is 0 Å². The number of nitrogens with one attached hydrogen (secondary N) is 1. The largest absolute Gasteiger partial charge is 0.355 e. The van der Waals surface area contributed by atoms with Gasteiger partial charge in [0.25, 0.3) is 0 Å². The maximum Gasteiger partial charge on any atom is 0.244 e. The summed E-state index contributed by atoms with van der Waals surface area (Å²) < 4.78 is 30.9. The zero-order valence-electron chi connectivity index (χ0n) is 18.3. The number of piperidine rings is 1. The number of aromatic nitrogens is 4. The van der Waals surface area contributed by atoms with E-state index in [1.165, 1.54) is 18.4 Å². The molecule has 0 bridgehead atoms. The Morgan fingerprint density at radius 1 is 1.10 bits per heavy atom. The molecule has 0 unspecified atom stereocenters. The molecule has 1 N–H and O–H groups in total. The Hall–Kier alpha value is -2.00. The first-order valence-electron chi connectivity index (χ1n) is 10.9. The van der Waals surface area contributed by atoms with Crippen molar-refractivity contribution >= 4 is 15.8 Å². The molecule has 2 aliphatic rings. The van der Waals surface area contributed by atoms with Gasteiger partial charge in [0.2, 0.25) is 10.0 Å². The standard InChI is InChI=1S/C21H32N6O2S/c1-14(2)27-16(4)21(15(3)24-27)30(28,29)25-18-9-11-26(12-10-18)20-13-17-7-5-6-8-19(17)22-23-20/h13-14,18,25H,5-12H2,1-4H3. The Bertz CT molecular complexity index is 1020. The van der Waals surface area contributed by atoms with Crippen LogP contribution in [-0.2, 0) is 22.9 Å². The summed E-state index contributed by atoms with van der Waals surface area (Å²) in [6, 6.07) is 2.21. The van der Waals surface area contributed by atoms with E-state index in [4.69, 9.17) is 0 Å². The lowest BCUT2D eigenvalue weighted by Gasteiger charge is -2.33. The number of rotatable bonds is 5. The normalized spacial score (nSPS) is 18.1. The first-order chi connectivity index (χ1) is 14.3. The number of sulfonamides is 1. The Morgan fingerprint density at radius 2 is 1.80 bits per heavy atom. The van der Waals surface area contributed by atoms with Crippen molar-refractivity contribution in [3.8, 4) is 0 Å². The minimum atomic E-state index is -3.61. The molecule has 164 valence electrons. The predicted molar refractivity (Wildman–Crippen MR) is 116 cm³/mol. The number of nitrogens with zero attached hydrogens (tertiary/aromatic N) is 5. The second kappa shape index (κ2) is 8.26. The minimum Gasteiger partial charge on any atom is -0.355 e. The lowest BCUT2D eigenvalue weighted by atomic mass is 9.96. The molecule has 1 saturated heterocycles. The predicted octanol–water partition coefficient (Wildman–Crippen LogP) is 2.70. The molecule has 4 rings (SSSR count). The zero-order valence-corrected chi connectivity index (χ0v) is 19.2. The summed E-state index contributed by atoms with van der Waals surface area (Å²) in [5.74, 6) is 0.918. The summed E-state index contributed by atoms with van der Waals surface area (Å²) in [6.07, 6.45) is 6.01. The lowest BCUT2D eigenvalue weighted by Crippen LogP contribution is -2.45. The Labute approximate surface area is 179 Å². The Kier molecular flexibility index (Phi) is 5.85. The molecule has 3 heterocycles. The van der Waals surface area contributed by atoms with Crippen LogP contribution in [0.1, 0.15) is 68.2 Å². The summed E-state index contributed by atoms with van der Waals surface area (Å²) in [5.41, 5.74) is 3.70. The maximum atomic E-state index is 13.1. The fourth-order valence-corrected chi connectivity index (χ4v) is 6.38. The van der Waals surface area contributed by atoms with Gasteiger partial charge in [-0.25, -0.2) is 13.1 Å². The molecule has 9 heteroatoms. The quantitative estimate of drug-likeness (QED) is 0.781. The summed E-state index contributed by atoms with van der Waals surface area (Å²) in [4.78, 5) is 2.54. The van der Waals surface area contributed by atoms with E-state index in [9.17, 15) is 8.42 Å². The fraction of sp³-hybridized carbons (Fsp3) is 0.667. The highest BCUT2D eigenvalue weighted by Crippen LogP contribution is 2.26. The molecule has 1 fully saturated rings. The van der Waals surface area contributed by atoms with Gasteiger partial charge in [-0.05, 0) is 77.8 Å². The number of fused-ring (bicyclic) bond motifs is 1. The first-order valence-corrected chi connectivity index (χ1v) is 12.4. The fourth-order valence-electron chi connectivity index (χ4n) is 4.68. The second-order valence-electron chi connectivity index (χ2n) is 8.80. The highest BCUT2D eigenvalue weighted by atomic mass is 32.2. The van der Waals surface area contributed by atoms with Crippen LogP contribution in [0.15, 0.2) is 11.0 Å². The monoisotopic (exact) mass is 432 g/mol. The third-order valence-corrected chi connectivity index (χ3v) is 7.99. The maximum absolute atomic E-state index is 13.1. The number of anilines is 1. The number of hydrogen-bond acceptors (Lipinski definition) is 6. The van der Waals surface area contributed by atoms with Gasteiger partial charge in [-0.2, -0.15) is 10.2 Å². The SMILES string of the molecule is Cc1nn(C(C)C)c(C)c1S(=O)(=O)NC1CCN(c2cc3c(nn2)CCCC3)CC1. The Balaban J connectivity index is 1.42. The smallest absolute Gasteiger partial charge is 0.244 e. The van der Waals surface area contributed by atoms with Gasteiger partial charge >= 0.3 is 0 Å². The van der Waals surface area contributed by atoms with Crippen LogP contribution in [0.3, 0.4) is 0 Å². The van der Waals surface area contributed by atoms with Crippen LogP contribution < -0.4 is 9.62 Å². The molecule has 2 aromatic rings. The molecular weight excluding hydrogens is 400 g/mol. The topological polar surface area (TPSA) is 93.0 Å². The van der Waals surface area contributed by atoms with E-state index in [0.717, 1.165) is 50.3 Å². The second-order valence-corrected chi connectivity index (χ2v) is 10.5. The van der Waals surface area contributed by atoms with E-state index in [0.29, 0.717) is 16.3 Å². The molecule has 0 amide bonds. The third-order valence-electron chi connectivity index (χ3n) is 6.21. The van der Waals surface area contributed by atoms with E-state index in [2.05, 4.69) is 31.0 Å². The van der Waals surface area contributed by atoms with Crippen LogP contribution in [0, 0.1) is 13.8 Å². The van der Waals surface area contributed by atoms with E-state index in [1.807, 2.05) is 20.8 Å². The third kappa shape index (κ3) is 4.09. The van der Waals surface area contributed by atoms with Gasteiger partial charge in [0.15, 0.2) is 5.82 Å². The molecule has 0 atom stereocenters. The highest BCUT2D eigenvalue weighted by molar-refractivity contribution is 7.89. The van der Waals surface area contributed by atoms with Gasteiger partial charge in [-0.3, -0.25) is 4.68 Å². The molecule has 0 spiro atoms.